The molecule has 1 N–H and O–H groups in total. The summed E-state index contributed by atoms with van der Waals surface area (Å²) in [6.07, 6.45) is 4.57. The molecule has 8 heteroatoms. The summed E-state index contributed by atoms with van der Waals surface area (Å²) < 4.78 is 3.45. The number of carbonyl (C=O) groups is 1. The van der Waals surface area contributed by atoms with Gasteiger partial charge in [-0.1, -0.05) is 0 Å². The Kier molecular flexibility index (Phi) is 3.64. The van der Waals surface area contributed by atoms with Gasteiger partial charge in [0, 0.05) is 55.6 Å². The van der Waals surface area contributed by atoms with Crippen molar-refractivity contribution >= 4 is 11.6 Å². The summed E-state index contributed by atoms with van der Waals surface area (Å²) in [5.41, 5.74) is 2.85. The van der Waals surface area contributed by atoms with Crippen LogP contribution in [0.25, 0.3) is 5.65 Å². The van der Waals surface area contributed by atoms with Crippen molar-refractivity contribution in [3.8, 4) is 0 Å². The van der Waals surface area contributed by atoms with Gasteiger partial charge in [0.05, 0.1) is 5.69 Å². The first kappa shape index (κ1) is 17.4. The van der Waals surface area contributed by atoms with E-state index in [1.54, 1.807) is 21.5 Å². The molecule has 2 bridgehead atoms. The number of aliphatic hydroxyl groups is 1. The summed E-state index contributed by atoms with van der Waals surface area (Å²) >= 11 is 0. The van der Waals surface area contributed by atoms with Gasteiger partial charge in [-0.3, -0.25) is 9.48 Å². The third-order valence-corrected chi connectivity index (χ3v) is 6.25. The molecule has 3 aromatic rings. The van der Waals surface area contributed by atoms with Gasteiger partial charge in [0.15, 0.2) is 11.3 Å². The first-order chi connectivity index (χ1) is 13.4. The van der Waals surface area contributed by atoms with Gasteiger partial charge in [-0.05, 0) is 38.8 Å². The standard InChI is InChI=1S/C20H24N6O2/c1-12-8-13(2)26-18(22-12)9-16(23-26)19(27)25-14-4-5-15(25)11-20(28,10-14)17-6-7-21-24(17)3/h6-9,14-15,28H,4-5,10-11H2,1-3H3/t14-,15+,20?. The number of rotatable bonds is 2. The number of piperidine rings is 1. The van der Waals surface area contributed by atoms with E-state index in [-0.39, 0.29) is 18.0 Å². The van der Waals surface area contributed by atoms with Crippen molar-refractivity contribution in [2.24, 2.45) is 7.05 Å². The van der Waals surface area contributed by atoms with Gasteiger partial charge in [-0.15, -0.1) is 0 Å². The second-order valence-corrected chi connectivity index (χ2v) is 8.22. The molecular weight excluding hydrogens is 356 g/mol. The number of amides is 1. The number of aromatic nitrogens is 5. The Balaban J connectivity index is 1.46. The lowest BCUT2D eigenvalue weighted by molar-refractivity contribution is -0.0531. The number of fused-ring (bicyclic) bond motifs is 3. The van der Waals surface area contributed by atoms with Crippen LogP contribution >= 0.6 is 0 Å². The fourth-order valence-corrected chi connectivity index (χ4v) is 5.12. The van der Waals surface area contributed by atoms with Gasteiger partial charge in [0.1, 0.15) is 5.60 Å². The van der Waals surface area contributed by atoms with E-state index in [2.05, 4.69) is 15.2 Å². The van der Waals surface area contributed by atoms with E-state index in [0.717, 1.165) is 29.9 Å². The molecule has 5 rings (SSSR count). The van der Waals surface area contributed by atoms with Crippen LogP contribution in [0.5, 0.6) is 0 Å². The van der Waals surface area contributed by atoms with Gasteiger partial charge in [-0.25, -0.2) is 9.50 Å². The summed E-state index contributed by atoms with van der Waals surface area (Å²) in [4.78, 5) is 19.7. The van der Waals surface area contributed by atoms with E-state index < -0.39 is 5.60 Å². The Morgan fingerprint density at radius 1 is 1.21 bits per heavy atom. The summed E-state index contributed by atoms with van der Waals surface area (Å²) in [5, 5.41) is 20.0. The lowest BCUT2D eigenvalue weighted by Gasteiger charge is -2.43. The van der Waals surface area contributed by atoms with Crippen LogP contribution in [-0.2, 0) is 12.6 Å². The maximum absolute atomic E-state index is 13.3. The molecule has 2 aliphatic heterocycles. The topological polar surface area (TPSA) is 88.5 Å². The summed E-state index contributed by atoms with van der Waals surface area (Å²) in [6.45, 7) is 3.90. The molecule has 2 aliphatic rings. The molecule has 2 saturated heterocycles. The lowest BCUT2D eigenvalue weighted by Crippen LogP contribution is -2.52. The first-order valence-electron chi connectivity index (χ1n) is 9.73. The molecule has 3 aromatic heterocycles. The number of aryl methyl sites for hydroxylation is 3. The van der Waals surface area contributed by atoms with E-state index in [1.165, 1.54) is 0 Å². The SMILES string of the molecule is Cc1cc(C)n2nc(C(=O)N3[C@@H]4CC[C@H]3CC(O)(c3ccnn3C)C4)cc2n1. The number of carbonyl (C=O) groups excluding carboxylic acids is 1. The van der Waals surface area contributed by atoms with Crippen molar-refractivity contribution in [3.63, 3.8) is 0 Å². The number of hydrogen-bond donors (Lipinski definition) is 1. The van der Waals surface area contributed by atoms with Crippen molar-refractivity contribution in [2.75, 3.05) is 0 Å². The van der Waals surface area contributed by atoms with E-state index in [0.29, 0.717) is 24.2 Å². The zero-order chi connectivity index (χ0) is 19.6. The molecule has 0 aromatic carbocycles. The van der Waals surface area contributed by atoms with E-state index in [4.69, 9.17) is 0 Å². The normalized spacial score (nSPS) is 26.9. The Bertz CT molecular complexity index is 1070. The smallest absolute Gasteiger partial charge is 0.274 e. The van der Waals surface area contributed by atoms with Crippen LogP contribution in [0.1, 0.15) is 53.3 Å². The van der Waals surface area contributed by atoms with Crippen molar-refractivity contribution < 1.29 is 9.90 Å². The fraction of sp³-hybridized carbons (Fsp3) is 0.500. The van der Waals surface area contributed by atoms with Crippen LogP contribution in [0.4, 0.5) is 0 Å². The van der Waals surface area contributed by atoms with Gasteiger partial charge in [0.2, 0.25) is 0 Å². The molecule has 2 fully saturated rings. The van der Waals surface area contributed by atoms with Crippen molar-refractivity contribution in [2.45, 2.75) is 57.2 Å². The summed E-state index contributed by atoms with van der Waals surface area (Å²) in [5.74, 6) is -0.0675. The molecule has 1 amide bonds. The molecule has 8 nitrogen and oxygen atoms in total. The number of hydrogen-bond acceptors (Lipinski definition) is 5. The largest absolute Gasteiger partial charge is 0.383 e. The maximum Gasteiger partial charge on any atom is 0.274 e. The van der Waals surface area contributed by atoms with Gasteiger partial charge < -0.3 is 10.0 Å². The third kappa shape index (κ3) is 2.47. The molecule has 28 heavy (non-hydrogen) atoms. The monoisotopic (exact) mass is 380 g/mol. The summed E-state index contributed by atoms with van der Waals surface area (Å²) in [7, 11) is 1.85. The molecule has 0 saturated carbocycles. The zero-order valence-electron chi connectivity index (χ0n) is 16.3. The molecule has 0 radical (unpaired) electrons. The maximum atomic E-state index is 13.3. The van der Waals surface area contributed by atoms with Crippen LogP contribution in [0, 0.1) is 13.8 Å². The Morgan fingerprint density at radius 3 is 2.57 bits per heavy atom. The zero-order valence-corrected chi connectivity index (χ0v) is 16.3. The molecular formula is C20H24N6O2. The van der Waals surface area contributed by atoms with Crippen molar-refractivity contribution in [1.29, 1.82) is 0 Å². The van der Waals surface area contributed by atoms with Crippen LogP contribution in [-0.4, -0.2) is 52.4 Å². The van der Waals surface area contributed by atoms with Gasteiger partial charge >= 0.3 is 0 Å². The molecule has 0 spiro atoms. The fourth-order valence-electron chi connectivity index (χ4n) is 5.12. The lowest BCUT2D eigenvalue weighted by atomic mass is 9.83. The van der Waals surface area contributed by atoms with Crippen molar-refractivity contribution in [1.82, 2.24) is 29.3 Å². The van der Waals surface area contributed by atoms with Crippen molar-refractivity contribution in [3.05, 3.63) is 47.2 Å². The number of nitrogens with zero attached hydrogens (tertiary/aromatic N) is 6. The summed E-state index contributed by atoms with van der Waals surface area (Å²) in [6, 6.07) is 5.60. The van der Waals surface area contributed by atoms with Crippen LogP contribution in [0.3, 0.4) is 0 Å². The highest BCUT2D eigenvalue weighted by Crippen LogP contribution is 2.46. The van der Waals surface area contributed by atoms with E-state index >= 15 is 0 Å². The Hall–Kier alpha value is -2.74. The minimum Gasteiger partial charge on any atom is -0.383 e. The quantitative estimate of drug-likeness (QED) is 0.731. The molecule has 1 unspecified atom stereocenters. The average Bonchev–Trinajstić information content (AvgIpc) is 3.31. The highest BCUT2D eigenvalue weighted by Gasteiger charge is 2.51. The van der Waals surface area contributed by atoms with Gasteiger partial charge in [-0.2, -0.15) is 10.2 Å². The third-order valence-electron chi connectivity index (χ3n) is 6.25. The minimum absolute atomic E-state index is 0.00625. The molecule has 3 atom stereocenters. The van der Waals surface area contributed by atoms with E-state index in [1.807, 2.05) is 37.9 Å². The molecule has 146 valence electrons. The first-order valence-corrected chi connectivity index (χ1v) is 9.73. The van der Waals surface area contributed by atoms with Crippen LogP contribution in [0.2, 0.25) is 0 Å². The van der Waals surface area contributed by atoms with Crippen LogP contribution in [0.15, 0.2) is 24.4 Å². The Labute approximate surface area is 162 Å². The average molecular weight is 380 g/mol. The second kappa shape index (κ2) is 5.88. The molecule has 0 aliphatic carbocycles. The van der Waals surface area contributed by atoms with E-state index in [9.17, 15) is 9.90 Å². The Morgan fingerprint density at radius 2 is 1.93 bits per heavy atom. The highest BCUT2D eigenvalue weighted by molar-refractivity contribution is 5.94. The van der Waals surface area contributed by atoms with Gasteiger partial charge in [0.25, 0.3) is 5.91 Å². The second-order valence-electron chi connectivity index (χ2n) is 8.22. The minimum atomic E-state index is -0.942. The highest BCUT2D eigenvalue weighted by atomic mass is 16.3. The predicted octanol–water partition coefficient (Wildman–Crippen LogP) is 1.73. The molecule has 5 heterocycles. The predicted molar refractivity (Wildman–Crippen MR) is 102 cm³/mol. The van der Waals surface area contributed by atoms with Crippen LogP contribution < -0.4 is 0 Å².